The molecule has 1 unspecified atom stereocenters. The third-order valence-electron chi connectivity index (χ3n) is 3.05. The van der Waals surface area contributed by atoms with E-state index in [4.69, 9.17) is 20.9 Å². The van der Waals surface area contributed by atoms with Gasteiger partial charge in [-0.3, -0.25) is 4.55 Å². The van der Waals surface area contributed by atoms with Crippen LogP contribution in [0.3, 0.4) is 0 Å². The van der Waals surface area contributed by atoms with Gasteiger partial charge in [-0.2, -0.15) is 8.42 Å². The number of anilines is 1. The molecule has 0 radical (unpaired) electrons. The van der Waals surface area contributed by atoms with E-state index in [1.165, 1.54) is 13.0 Å². The SMILES string of the molecule is CC(c1cc(Cl)nc(N2CCOCC2)c1)S(=O)(=O)O. The van der Waals surface area contributed by atoms with Gasteiger partial charge < -0.3 is 9.64 Å². The number of morpholine rings is 1. The van der Waals surface area contributed by atoms with E-state index >= 15 is 0 Å². The van der Waals surface area contributed by atoms with Crippen molar-refractivity contribution >= 4 is 27.5 Å². The number of hydrogen-bond donors (Lipinski definition) is 1. The van der Waals surface area contributed by atoms with E-state index in [1.807, 2.05) is 4.90 Å². The average molecular weight is 307 g/mol. The molecule has 0 spiro atoms. The van der Waals surface area contributed by atoms with Crippen molar-refractivity contribution < 1.29 is 17.7 Å². The van der Waals surface area contributed by atoms with Gasteiger partial charge in [0.2, 0.25) is 0 Å². The lowest BCUT2D eigenvalue weighted by Gasteiger charge is -2.28. The van der Waals surface area contributed by atoms with E-state index in [0.29, 0.717) is 37.7 Å². The molecule has 2 rings (SSSR count). The Morgan fingerprint density at radius 3 is 2.63 bits per heavy atom. The lowest BCUT2D eigenvalue weighted by atomic mass is 10.2. The van der Waals surface area contributed by atoms with E-state index in [9.17, 15) is 8.42 Å². The molecule has 1 aromatic rings. The Balaban J connectivity index is 2.34. The minimum absolute atomic E-state index is 0.203. The Morgan fingerprint density at radius 1 is 1.42 bits per heavy atom. The van der Waals surface area contributed by atoms with Crippen LogP contribution in [0.5, 0.6) is 0 Å². The number of aromatic nitrogens is 1. The summed E-state index contributed by atoms with van der Waals surface area (Å²) >= 11 is 5.92. The van der Waals surface area contributed by atoms with Crippen LogP contribution in [0.25, 0.3) is 0 Å². The summed E-state index contributed by atoms with van der Waals surface area (Å²) in [5.41, 5.74) is 0.420. The Labute approximate surface area is 117 Å². The summed E-state index contributed by atoms with van der Waals surface area (Å²) in [6, 6.07) is 3.08. The molecule has 1 aliphatic heterocycles. The van der Waals surface area contributed by atoms with E-state index in [1.54, 1.807) is 6.07 Å². The maximum absolute atomic E-state index is 11.2. The summed E-state index contributed by atoms with van der Waals surface area (Å²) in [7, 11) is -4.15. The van der Waals surface area contributed by atoms with E-state index in [2.05, 4.69) is 4.98 Å². The van der Waals surface area contributed by atoms with Gasteiger partial charge in [0.15, 0.2) is 0 Å². The topological polar surface area (TPSA) is 79.7 Å². The lowest BCUT2D eigenvalue weighted by Crippen LogP contribution is -2.36. The van der Waals surface area contributed by atoms with Gasteiger partial charge >= 0.3 is 0 Å². The molecule has 2 heterocycles. The normalized spacial score (nSPS) is 18.4. The van der Waals surface area contributed by atoms with E-state index in [-0.39, 0.29) is 5.15 Å². The molecule has 106 valence electrons. The van der Waals surface area contributed by atoms with Crippen LogP contribution in [-0.2, 0) is 14.9 Å². The summed E-state index contributed by atoms with van der Waals surface area (Å²) in [6.07, 6.45) is 0. The second kappa shape index (κ2) is 5.62. The first kappa shape index (κ1) is 14.5. The number of nitrogens with zero attached hydrogens (tertiary/aromatic N) is 2. The van der Waals surface area contributed by atoms with Crippen molar-refractivity contribution in [3.63, 3.8) is 0 Å². The van der Waals surface area contributed by atoms with Crippen LogP contribution in [0.15, 0.2) is 12.1 Å². The van der Waals surface area contributed by atoms with Crippen LogP contribution in [0.2, 0.25) is 5.15 Å². The van der Waals surface area contributed by atoms with Gasteiger partial charge in [-0.05, 0) is 24.6 Å². The molecular weight excluding hydrogens is 292 g/mol. The molecule has 1 fully saturated rings. The molecule has 0 aromatic carbocycles. The molecule has 1 aromatic heterocycles. The molecule has 1 N–H and O–H groups in total. The number of hydrogen-bond acceptors (Lipinski definition) is 5. The van der Waals surface area contributed by atoms with Crippen LogP contribution in [0, 0.1) is 0 Å². The van der Waals surface area contributed by atoms with Gasteiger partial charge in [0, 0.05) is 13.1 Å². The molecule has 8 heteroatoms. The standard InChI is InChI=1S/C11H15ClN2O4S/c1-8(19(15,16)17)9-6-10(12)13-11(7-9)14-2-4-18-5-3-14/h6-8H,2-5H2,1H3,(H,15,16,17). The Morgan fingerprint density at radius 2 is 2.05 bits per heavy atom. The predicted octanol–water partition coefficient (Wildman–Crippen LogP) is 1.52. The highest BCUT2D eigenvalue weighted by Gasteiger charge is 2.22. The fourth-order valence-electron chi connectivity index (χ4n) is 1.86. The fraction of sp³-hybridized carbons (Fsp3) is 0.545. The molecule has 0 bridgehead atoms. The third kappa shape index (κ3) is 3.56. The van der Waals surface area contributed by atoms with Gasteiger partial charge in [-0.15, -0.1) is 0 Å². The molecule has 1 saturated heterocycles. The van der Waals surface area contributed by atoms with Crippen molar-refractivity contribution in [2.45, 2.75) is 12.2 Å². The number of ether oxygens (including phenoxy) is 1. The summed E-state index contributed by atoms with van der Waals surface area (Å²) in [4.78, 5) is 6.15. The summed E-state index contributed by atoms with van der Waals surface area (Å²) in [6.45, 7) is 3.94. The molecule has 1 aliphatic rings. The van der Waals surface area contributed by atoms with Crippen molar-refractivity contribution in [1.29, 1.82) is 0 Å². The molecule has 0 aliphatic carbocycles. The molecule has 1 atom stereocenters. The summed E-state index contributed by atoms with van der Waals surface area (Å²) in [5.74, 6) is 0.598. The van der Waals surface area contributed by atoms with Gasteiger partial charge in [0.25, 0.3) is 10.1 Å². The highest BCUT2D eigenvalue weighted by Crippen LogP contribution is 2.27. The van der Waals surface area contributed by atoms with Crippen LogP contribution in [0.4, 0.5) is 5.82 Å². The zero-order valence-corrected chi connectivity index (χ0v) is 12.0. The summed E-state index contributed by atoms with van der Waals surface area (Å²) in [5, 5.41) is -0.831. The predicted molar refractivity (Wildman–Crippen MR) is 72.2 cm³/mol. The monoisotopic (exact) mass is 306 g/mol. The van der Waals surface area contributed by atoms with Gasteiger partial charge in [0.05, 0.1) is 13.2 Å². The van der Waals surface area contributed by atoms with E-state index in [0.717, 1.165) is 0 Å². The minimum Gasteiger partial charge on any atom is -0.378 e. The van der Waals surface area contributed by atoms with Crippen molar-refractivity contribution in [3.8, 4) is 0 Å². The van der Waals surface area contributed by atoms with Crippen LogP contribution < -0.4 is 4.90 Å². The maximum Gasteiger partial charge on any atom is 0.271 e. The highest BCUT2D eigenvalue weighted by molar-refractivity contribution is 7.86. The molecule has 6 nitrogen and oxygen atoms in total. The molecule has 19 heavy (non-hydrogen) atoms. The average Bonchev–Trinajstić information content (AvgIpc) is 2.37. The van der Waals surface area contributed by atoms with Gasteiger partial charge in [-0.1, -0.05) is 11.6 Å². The zero-order valence-electron chi connectivity index (χ0n) is 10.4. The quantitative estimate of drug-likeness (QED) is 0.674. The van der Waals surface area contributed by atoms with Crippen LogP contribution in [-0.4, -0.2) is 44.3 Å². The van der Waals surface area contributed by atoms with Gasteiger partial charge in [-0.25, -0.2) is 4.98 Å². The molecular formula is C11H15ClN2O4S. The molecule has 0 amide bonds. The largest absolute Gasteiger partial charge is 0.378 e. The van der Waals surface area contributed by atoms with Gasteiger partial charge in [0.1, 0.15) is 16.2 Å². The highest BCUT2D eigenvalue weighted by atomic mass is 35.5. The Kier molecular flexibility index (Phi) is 4.29. The van der Waals surface area contributed by atoms with Crippen molar-refractivity contribution in [2.75, 3.05) is 31.2 Å². The third-order valence-corrected chi connectivity index (χ3v) is 4.41. The van der Waals surface area contributed by atoms with Crippen molar-refractivity contribution in [1.82, 2.24) is 4.98 Å². The second-order valence-corrected chi connectivity index (χ2v) is 6.46. The number of pyridine rings is 1. The first-order valence-corrected chi connectivity index (χ1v) is 7.72. The maximum atomic E-state index is 11.2. The summed E-state index contributed by atoms with van der Waals surface area (Å²) < 4.78 is 36.7. The second-order valence-electron chi connectivity index (χ2n) is 4.34. The van der Waals surface area contributed by atoms with Crippen molar-refractivity contribution in [2.24, 2.45) is 0 Å². The Hall–Kier alpha value is -0.890. The van der Waals surface area contributed by atoms with Crippen molar-refractivity contribution in [3.05, 3.63) is 22.8 Å². The minimum atomic E-state index is -4.15. The van der Waals surface area contributed by atoms with E-state index < -0.39 is 15.4 Å². The van der Waals surface area contributed by atoms with Crippen LogP contribution in [0.1, 0.15) is 17.7 Å². The first-order valence-electron chi connectivity index (χ1n) is 5.84. The fourth-order valence-corrected chi connectivity index (χ4v) is 2.56. The molecule has 0 saturated carbocycles. The zero-order chi connectivity index (χ0) is 14.0. The number of halogens is 1. The number of rotatable bonds is 3. The lowest BCUT2D eigenvalue weighted by molar-refractivity contribution is 0.122. The first-order chi connectivity index (χ1) is 8.88. The smallest absolute Gasteiger partial charge is 0.271 e. The van der Waals surface area contributed by atoms with Crippen LogP contribution >= 0.6 is 11.6 Å². The Bertz CT molecular complexity index is 558.